The molecule has 0 aliphatic carbocycles. The highest BCUT2D eigenvalue weighted by atomic mass is 19.1. The molecule has 2 aromatic carbocycles. The van der Waals surface area contributed by atoms with Crippen molar-refractivity contribution in [3.8, 4) is 0 Å². The van der Waals surface area contributed by atoms with Crippen molar-refractivity contribution in [3.05, 3.63) is 71.0 Å². The summed E-state index contributed by atoms with van der Waals surface area (Å²) in [5, 5.41) is 9.47. The van der Waals surface area contributed by atoms with Crippen LogP contribution in [0.1, 0.15) is 54.6 Å². The Bertz CT molecular complexity index is 1010. The van der Waals surface area contributed by atoms with E-state index in [1.54, 1.807) is 24.3 Å². The molecule has 2 aromatic rings. The number of piperidine rings is 1. The van der Waals surface area contributed by atoms with Crippen LogP contribution in [0.5, 0.6) is 0 Å². The summed E-state index contributed by atoms with van der Waals surface area (Å²) in [6.07, 6.45) is 3.02. The van der Waals surface area contributed by atoms with E-state index >= 15 is 0 Å². The lowest BCUT2D eigenvalue weighted by atomic mass is 9.75. The minimum Gasteiger partial charge on any atom is -0.478 e. The lowest BCUT2D eigenvalue weighted by Crippen LogP contribution is -2.45. The van der Waals surface area contributed by atoms with Crippen molar-refractivity contribution in [1.82, 2.24) is 9.80 Å². The third-order valence-corrected chi connectivity index (χ3v) is 7.16. The van der Waals surface area contributed by atoms with Crippen molar-refractivity contribution >= 4 is 11.9 Å². The summed E-state index contributed by atoms with van der Waals surface area (Å²) >= 11 is 0. The molecule has 33 heavy (non-hydrogen) atoms. The van der Waals surface area contributed by atoms with Crippen molar-refractivity contribution in [2.24, 2.45) is 11.3 Å². The lowest BCUT2D eigenvalue weighted by molar-refractivity contribution is -0.139. The van der Waals surface area contributed by atoms with Crippen LogP contribution in [0.4, 0.5) is 4.39 Å². The Balaban J connectivity index is 1.47. The number of halogens is 1. The van der Waals surface area contributed by atoms with Gasteiger partial charge in [-0.15, -0.1) is 0 Å². The van der Waals surface area contributed by atoms with Crippen LogP contribution in [0.2, 0.25) is 0 Å². The first-order valence-electron chi connectivity index (χ1n) is 11.9. The highest BCUT2D eigenvalue weighted by molar-refractivity contribution is 5.89. The number of likely N-dealkylation sites (tertiary alicyclic amines) is 2. The third kappa shape index (κ3) is 5.11. The largest absolute Gasteiger partial charge is 0.478 e. The molecular weight excluding hydrogens is 419 g/mol. The van der Waals surface area contributed by atoms with E-state index in [2.05, 4.69) is 18.7 Å². The Morgan fingerprint density at radius 1 is 1.15 bits per heavy atom. The fourth-order valence-electron chi connectivity index (χ4n) is 5.53. The maximum Gasteiger partial charge on any atom is 0.336 e. The minimum atomic E-state index is -0.908. The third-order valence-electron chi connectivity index (χ3n) is 7.16. The molecular formula is C27H33FN2O3. The molecule has 1 spiro atoms. The topological polar surface area (TPSA) is 60.9 Å². The second kappa shape index (κ2) is 9.64. The molecule has 2 aliphatic heterocycles. The van der Waals surface area contributed by atoms with Crippen LogP contribution in [0.15, 0.2) is 48.5 Å². The quantitative estimate of drug-likeness (QED) is 0.667. The van der Waals surface area contributed by atoms with E-state index in [4.69, 9.17) is 0 Å². The number of carboxylic acids is 1. The number of carboxylic acid groups (broad SMARTS) is 1. The van der Waals surface area contributed by atoms with E-state index in [-0.39, 0.29) is 23.2 Å². The summed E-state index contributed by atoms with van der Waals surface area (Å²) in [5.41, 5.74) is 1.72. The highest BCUT2D eigenvalue weighted by Crippen LogP contribution is 2.45. The maximum absolute atomic E-state index is 13.8. The molecule has 4 rings (SSSR count). The Kier molecular flexibility index (Phi) is 6.84. The summed E-state index contributed by atoms with van der Waals surface area (Å²) in [5.74, 6) is -0.540. The molecule has 2 heterocycles. The molecule has 1 unspecified atom stereocenters. The minimum absolute atomic E-state index is 0.0842. The van der Waals surface area contributed by atoms with Gasteiger partial charge in [-0.2, -0.15) is 0 Å². The molecule has 1 atom stereocenters. The van der Waals surface area contributed by atoms with Crippen LogP contribution in [0.25, 0.3) is 0 Å². The zero-order chi connectivity index (χ0) is 23.6. The number of nitrogens with zero attached hydrogens (tertiary/aromatic N) is 2. The number of rotatable bonds is 7. The van der Waals surface area contributed by atoms with Gasteiger partial charge in [-0.3, -0.25) is 9.69 Å². The van der Waals surface area contributed by atoms with Gasteiger partial charge in [-0.25, -0.2) is 9.18 Å². The van der Waals surface area contributed by atoms with Crippen LogP contribution in [-0.4, -0.2) is 52.5 Å². The van der Waals surface area contributed by atoms with Gasteiger partial charge in [0.25, 0.3) is 0 Å². The fraction of sp³-hybridized carbons (Fsp3) is 0.481. The predicted octanol–water partition coefficient (Wildman–Crippen LogP) is 4.61. The Morgan fingerprint density at radius 3 is 2.55 bits per heavy atom. The van der Waals surface area contributed by atoms with Crippen LogP contribution in [0.3, 0.4) is 0 Å². The maximum atomic E-state index is 13.8. The van der Waals surface area contributed by atoms with E-state index in [0.717, 1.165) is 50.0 Å². The Labute approximate surface area is 195 Å². The number of benzene rings is 2. The van der Waals surface area contributed by atoms with Gasteiger partial charge >= 0.3 is 5.97 Å². The number of carbonyl (C=O) groups excluding carboxylic acids is 1. The molecule has 6 heteroatoms. The van der Waals surface area contributed by atoms with Gasteiger partial charge in [0.05, 0.1) is 11.0 Å². The first kappa shape index (κ1) is 23.4. The summed E-state index contributed by atoms with van der Waals surface area (Å²) < 4.78 is 13.8. The number of hydrogen-bond donors (Lipinski definition) is 1. The second-order valence-electron chi connectivity index (χ2n) is 10.1. The molecule has 0 bridgehead atoms. The summed E-state index contributed by atoms with van der Waals surface area (Å²) in [7, 11) is 0. The van der Waals surface area contributed by atoms with Crippen molar-refractivity contribution < 1.29 is 19.1 Å². The molecule has 1 N–H and O–H groups in total. The molecule has 2 saturated heterocycles. The zero-order valence-electron chi connectivity index (χ0n) is 19.5. The van der Waals surface area contributed by atoms with E-state index in [1.165, 1.54) is 6.07 Å². The van der Waals surface area contributed by atoms with Gasteiger partial charge in [0.15, 0.2) is 0 Å². The molecule has 0 radical (unpaired) electrons. The summed E-state index contributed by atoms with van der Waals surface area (Å²) in [4.78, 5) is 29.5. The number of aromatic carboxylic acids is 1. The number of hydrogen-bond acceptors (Lipinski definition) is 3. The van der Waals surface area contributed by atoms with Crippen LogP contribution < -0.4 is 0 Å². The standard InChI is InChI=1S/C27H33FN2O3/c1-19(2)17-30-23(15-20-6-5-8-22(28)14-20)16-27(26(30)33)10-12-29(13-11-27)18-21-7-3-4-9-24(21)25(31)32/h3-9,14,19,23H,10-13,15-18H2,1-2H3,(H,31,32). The van der Waals surface area contributed by atoms with E-state index in [9.17, 15) is 19.1 Å². The molecule has 176 valence electrons. The molecule has 0 aromatic heterocycles. The van der Waals surface area contributed by atoms with Gasteiger partial charge in [0, 0.05) is 19.1 Å². The monoisotopic (exact) mass is 452 g/mol. The fourth-order valence-corrected chi connectivity index (χ4v) is 5.53. The Hall–Kier alpha value is -2.73. The normalized spacial score (nSPS) is 20.7. The summed E-state index contributed by atoms with van der Waals surface area (Å²) in [6, 6.07) is 13.9. The number of amides is 1. The first-order valence-corrected chi connectivity index (χ1v) is 11.9. The van der Waals surface area contributed by atoms with Crippen LogP contribution >= 0.6 is 0 Å². The smallest absolute Gasteiger partial charge is 0.336 e. The molecule has 5 nitrogen and oxygen atoms in total. The first-order chi connectivity index (χ1) is 15.8. The van der Waals surface area contributed by atoms with E-state index < -0.39 is 5.97 Å². The predicted molar refractivity (Wildman–Crippen MR) is 125 cm³/mol. The average Bonchev–Trinajstić information content (AvgIpc) is 3.01. The number of carbonyl (C=O) groups is 2. The molecule has 0 saturated carbocycles. The second-order valence-corrected chi connectivity index (χ2v) is 10.1. The van der Waals surface area contributed by atoms with Gasteiger partial charge in [0.2, 0.25) is 5.91 Å². The van der Waals surface area contributed by atoms with Gasteiger partial charge < -0.3 is 10.0 Å². The van der Waals surface area contributed by atoms with E-state index in [0.29, 0.717) is 24.4 Å². The van der Waals surface area contributed by atoms with Crippen molar-refractivity contribution in [2.45, 2.75) is 52.1 Å². The molecule has 1 amide bonds. The van der Waals surface area contributed by atoms with Crippen molar-refractivity contribution in [1.29, 1.82) is 0 Å². The Morgan fingerprint density at radius 2 is 1.88 bits per heavy atom. The van der Waals surface area contributed by atoms with Gasteiger partial charge in [0.1, 0.15) is 5.82 Å². The lowest BCUT2D eigenvalue weighted by Gasteiger charge is -2.38. The molecule has 2 fully saturated rings. The van der Waals surface area contributed by atoms with Crippen LogP contribution in [0, 0.1) is 17.2 Å². The van der Waals surface area contributed by atoms with Gasteiger partial charge in [-0.1, -0.05) is 44.2 Å². The summed E-state index contributed by atoms with van der Waals surface area (Å²) in [6.45, 7) is 7.08. The van der Waals surface area contributed by atoms with Gasteiger partial charge in [-0.05, 0) is 74.0 Å². The average molecular weight is 453 g/mol. The zero-order valence-corrected chi connectivity index (χ0v) is 19.5. The van der Waals surface area contributed by atoms with Crippen molar-refractivity contribution in [2.75, 3.05) is 19.6 Å². The highest BCUT2D eigenvalue weighted by Gasteiger charge is 2.52. The van der Waals surface area contributed by atoms with Crippen molar-refractivity contribution in [3.63, 3.8) is 0 Å². The van der Waals surface area contributed by atoms with Crippen LogP contribution in [-0.2, 0) is 17.8 Å². The molecule has 2 aliphatic rings. The van der Waals surface area contributed by atoms with E-state index in [1.807, 2.05) is 23.1 Å². The SMILES string of the molecule is CC(C)CN1C(=O)C2(CCN(Cc3ccccc3C(=O)O)CC2)CC1Cc1cccc(F)c1.